The topological polar surface area (TPSA) is 46.6 Å². The van der Waals surface area contributed by atoms with Crippen molar-refractivity contribution in [2.75, 3.05) is 13.7 Å². The lowest BCUT2D eigenvalue weighted by Crippen LogP contribution is -2.29. The largest absolute Gasteiger partial charge is 0.469 e. The summed E-state index contributed by atoms with van der Waals surface area (Å²) in [6, 6.07) is 8.26. The van der Waals surface area contributed by atoms with Gasteiger partial charge in [0.05, 0.1) is 12.0 Å². The minimum Gasteiger partial charge on any atom is -0.469 e. The zero-order valence-corrected chi connectivity index (χ0v) is 17.1. The van der Waals surface area contributed by atoms with Crippen molar-refractivity contribution in [3.8, 4) is 0 Å². The number of hydrogen-bond acceptors (Lipinski definition) is 5. The van der Waals surface area contributed by atoms with E-state index in [1.807, 2.05) is 18.2 Å². The second-order valence-corrected chi connectivity index (χ2v) is 8.22. The molecule has 0 saturated carbocycles. The second kappa shape index (κ2) is 9.88. The van der Waals surface area contributed by atoms with Crippen LogP contribution < -0.4 is 0 Å². The second-order valence-electron chi connectivity index (χ2n) is 6.54. The Kier molecular flexibility index (Phi) is 7.85. The first-order chi connectivity index (χ1) is 12.4. The number of ether oxygens (including phenoxy) is 1. The highest BCUT2D eigenvalue weighted by Gasteiger charge is 2.31. The van der Waals surface area contributed by atoms with Crippen LogP contribution in [-0.4, -0.2) is 34.8 Å². The Morgan fingerprint density at radius 3 is 2.54 bits per heavy atom. The number of methoxy groups -OCH3 is 1. The third-order valence-electron chi connectivity index (χ3n) is 4.26. The zero-order chi connectivity index (χ0) is 19.1. The van der Waals surface area contributed by atoms with Gasteiger partial charge in [-0.15, -0.1) is 0 Å². The van der Waals surface area contributed by atoms with Crippen LogP contribution in [0.15, 0.2) is 29.2 Å². The number of esters is 1. The van der Waals surface area contributed by atoms with Gasteiger partial charge in [0.15, 0.2) is 0 Å². The first-order valence-electron chi connectivity index (χ1n) is 8.84. The van der Waals surface area contributed by atoms with E-state index in [1.54, 1.807) is 4.90 Å². The summed E-state index contributed by atoms with van der Waals surface area (Å²) in [5.74, 6) is 0.268. The van der Waals surface area contributed by atoms with E-state index in [-0.39, 0.29) is 11.9 Å². The lowest BCUT2D eigenvalue weighted by Gasteiger charge is -2.13. The van der Waals surface area contributed by atoms with Gasteiger partial charge in [0.2, 0.25) is 0 Å². The van der Waals surface area contributed by atoms with Crippen molar-refractivity contribution in [2.45, 2.75) is 45.4 Å². The van der Waals surface area contributed by atoms with Gasteiger partial charge in [-0.1, -0.05) is 68.5 Å². The first kappa shape index (κ1) is 20.6. The molecule has 0 aromatic heterocycles. The fraction of sp³-hybridized carbons (Fsp3) is 0.450. The molecular weight excluding hydrogens is 366 g/mol. The molecule has 1 aromatic carbocycles. The Morgan fingerprint density at radius 2 is 1.92 bits per heavy atom. The van der Waals surface area contributed by atoms with Crippen LogP contribution in [0.4, 0.5) is 0 Å². The van der Waals surface area contributed by atoms with Crippen molar-refractivity contribution in [2.24, 2.45) is 0 Å². The van der Waals surface area contributed by atoms with E-state index in [4.69, 9.17) is 12.2 Å². The Bertz CT molecular complexity index is 696. The van der Waals surface area contributed by atoms with Crippen molar-refractivity contribution in [1.29, 1.82) is 0 Å². The van der Waals surface area contributed by atoms with Gasteiger partial charge in [-0.25, -0.2) is 0 Å². The maximum atomic E-state index is 12.6. The highest BCUT2D eigenvalue weighted by molar-refractivity contribution is 8.26. The molecule has 0 bridgehead atoms. The molecule has 0 aliphatic carbocycles. The molecule has 4 nitrogen and oxygen atoms in total. The summed E-state index contributed by atoms with van der Waals surface area (Å²) in [5, 5.41) is 0. The van der Waals surface area contributed by atoms with Crippen LogP contribution in [0.3, 0.4) is 0 Å². The van der Waals surface area contributed by atoms with E-state index >= 15 is 0 Å². The van der Waals surface area contributed by atoms with Crippen molar-refractivity contribution < 1.29 is 14.3 Å². The summed E-state index contributed by atoms with van der Waals surface area (Å²) in [6.07, 6.45) is 4.77. The summed E-state index contributed by atoms with van der Waals surface area (Å²) in [5.41, 5.74) is 2.29. The smallest absolute Gasteiger partial charge is 0.305 e. The summed E-state index contributed by atoms with van der Waals surface area (Å²) in [7, 11) is 1.39. The monoisotopic (exact) mass is 391 g/mol. The molecule has 1 aliphatic heterocycles. The maximum Gasteiger partial charge on any atom is 0.305 e. The van der Waals surface area contributed by atoms with Crippen LogP contribution >= 0.6 is 24.0 Å². The number of carbonyl (C=O) groups excluding carboxylic acids is 2. The van der Waals surface area contributed by atoms with Gasteiger partial charge in [-0.05, 0) is 36.0 Å². The number of rotatable bonds is 8. The summed E-state index contributed by atoms with van der Waals surface area (Å²) in [6.45, 7) is 4.91. The van der Waals surface area contributed by atoms with E-state index in [1.165, 1.54) is 24.4 Å². The van der Waals surface area contributed by atoms with E-state index in [9.17, 15) is 9.59 Å². The number of hydrogen-bond donors (Lipinski definition) is 0. The van der Waals surface area contributed by atoms with Gasteiger partial charge < -0.3 is 4.74 Å². The van der Waals surface area contributed by atoms with Crippen LogP contribution in [0.1, 0.15) is 56.6 Å². The zero-order valence-electron chi connectivity index (χ0n) is 15.5. The van der Waals surface area contributed by atoms with Crippen LogP contribution in [0.5, 0.6) is 0 Å². The molecule has 140 valence electrons. The molecule has 26 heavy (non-hydrogen) atoms. The SMILES string of the molecule is COC(=O)CCCCCN1C(=O)/C(=C\c2ccc(C(C)C)cc2)SC1=S. The molecular formula is C20H25NO3S2. The molecule has 0 radical (unpaired) electrons. The van der Waals surface area contributed by atoms with E-state index < -0.39 is 0 Å². The third-order valence-corrected chi connectivity index (χ3v) is 5.64. The predicted octanol–water partition coefficient (Wildman–Crippen LogP) is 4.74. The molecule has 2 rings (SSSR count). The number of thioether (sulfide) groups is 1. The fourth-order valence-electron chi connectivity index (χ4n) is 2.64. The molecule has 1 aromatic rings. The van der Waals surface area contributed by atoms with Crippen LogP contribution in [0, 0.1) is 0 Å². The van der Waals surface area contributed by atoms with Gasteiger partial charge in [-0.3, -0.25) is 14.5 Å². The van der Waals surface area contributed by atoms with Gasteiger partial charge in [0.1, 0.15) is 4.32 Å². The van der Waals surface area contributed by atoms with Crippen LogP contribution in [0.2, 0.25) is 0 Å². The molecule has 0 spiro atoms. The molecule has 1 fully saturated rings. The quantitative estimate of drug-likeness (QED) is 0.277. The van der Waals surface area contributed by atoms with Crippen molar-refractivity contribution >= 4 is 46.3 Å². The van der Waals surface area contributed by atoms with E-state index in [2.05, 4.69) is 30.7 Å². The number of thiocarbonyl (C=S) groups is 1. The molecule has 1 heterocycles. The normalized spacial score (nSPS) is 16.0. The fourth-order valence-corrected chi connectivity index (χ4v) is 3.95. The first-order valence-corrected chi connectivity index (χ1v) is 10.1. The summed E-state index contributed by atoms with van der Waals surface area (Å²) < 4.78 is 5.22. The predicted molar refractivity (Wildman–Crippen MR) is 111 cm³/mol. The van der Waals surface area contributed by atoms with Gasteiger partial charge in [0, 0.05) is 13.0 Å². The van der Waals surface area contributed by atoms with Crippen molar-refractivity contribution in [3.63, 3.8) is 0 Å². The lowest BCUT2D eigenvalue weighted by molar-refractivity contribution is -0.140. The standard InChI is InChI=1S/C20H25NO3S2/c1-14(2)16-10-8-15(9-11-16)13-17-19(23)21(20(25)26-17)12-6-4-5-7-18(22)24-3/h8-11,13-14H,4-7,12H2,1-3H3/b17-13+. The van der Waals surface area contributed by atoms with Crippen LogP contribution in [0.25, 0.3) is 6.08 Å². The van der Waals surface area contributed by atoms with Gasteiger partial charge >= 0.3 is 5.97 Å². The molecule has 0 unspecified atom stereocenters. The summed E-state index contributed by atoms with van der Waals surface area (Å²) >= 11 is 6.71. The highest BCUT2D eigenvalue weighted by Crippen LogP contribution is 2.33. The number of nitrogens with zero attached hydrogens (tertiary/aromatic N) is 1. The Balaban J connectivity index is 1.90. The highest BCUT2D eigenvalue weighted by atomic mass is 32.2. The van der Waals surface area contributed by atoms with Gasteiger partial charge in [0.25, 0.3) is 5.91 Å². The third kappa shape index (κ3) is 5.68. The minimum absolute atomic E-state index is 0.0269. The van der Waals surface area contributed by atoms with Crippen molar-refractivity contribution in [3.05, 3.63) is 40.3 Å². The lowest BCUT2D eigenvalue weighted by atomic mass is 10.0. The Labute approximate surface area is 165 Å². The number of unbranched alkanes of at least 4 members (excludes halogenated alkanes) is 2. The molecule has 1 saturated heterocycles. The number of amides is 1. The maximum absolute atomic E-state index is 12.6. The number of benzene rings is 1. The number of carbonyl (C=O) groups is 2. The molecule has 0 N–H and O–H groups in total. The molecule has 0 atom stereocenters. The average molecular weight is 392 g/mol. The molecule has 1 aliphatic rings. The van der Waals surface area contributed by atoms with Crippen LogP contribution in [-0.2, 0) is 14.3 Å². The van der Waals surface area contributed by atoms with Gasteiger partial charge in [-0.2, -0.15) is 0 Å². The average Bonchev–Trinajstić information content (AvgIpc) is 2.88. The molecule has 1 amide bonds. The van der Waals surface area contributed by atoms with Crippen molar-refractivity contribution in [1.82, 2.24) is 4.90 Å². The van der Waals surface area contributed by atoms with E-state index in [0.717, 1.165) is 24.8 Å². The summed E-state index contributed by atoms with van der Waals surface area (Å²) in [4.78, 5) is 26.0. The Hall–Kier alpha value is -1.66. The molecule has 6 heteroatoms. The minimum atomic E-state index is -0.193. The Morgan fingerprint density at radius 1 is 1.23 bits per heavy atom. The van der Waals surface area contributed by atoms with E-state index in [0.29, 0.717) is 28.1 Å².